The molecule has 0 heterocycles. The Morgan fingerprint density at radius 3 is 2.03 bits per heavy atom. The minimum Gasteiger partial charge on any atom is -0.506 e. The molecular weight excluding hydrogens is 452 g/mol. The number of nitrogens with zero attached hydrogens (tertiary/aromatic N) is 1. The number of aromatic hydroxyl groups is 1. The number of carbonyl (C=O) groups is 1. The lowest BCUT2D eigenvalue weighted by Crippen LogP contribution is -2.24. The van der Waals surface area contributed by atoms with Gasteiger partial charge in [-0.15, -0.1) is 0 Å². The van der Waals surface area contributed by atoms with Crippen LogP contribution < -0.4 is 10.1 Å². The number of hydrogen-bond donors (Lipinski definition) is 2. The van der Waals surface area contributed by atoms with Gasteiger partial charge in [0.15, 0.2) is 0 Å². The summed E-state index contributed by atoms with van der Waals surface area (Å²) in [4.78, 5) is 26.5. The summed E-state index contributed by atoms with van der Waals surface area (Å²) in [6.45, 7) is 3.20. The molecule has 0 fully saturated rings. The first-order valence-electron chi connectivity index (χ1n) is 13.9. The molecule has 2 N–H and O–H groups in total. The Bertz CT molecular complexity index is 953. The molecule has 1 amide bonds. The van der Waals surface area contributed by atoms with E-state index in [-0.39, 0.29) is 30.4 Å². The molecule has 0 saturated heterocycles. The highest BCUT2D eigenvalue weighted by molar-refractivity contribution is 6.05. The van der Waals surface area contributed by atoms with E-state index in [0.29, 0.717) is 23.1 Å². The summed E-state index contributed by atoms with van der Waals surface area (Å²) in [7, 11) is 0. The van der Waals surface area contributed by atoms with Gasteiger partial charge in [0, 0.05) is 17.3 Å². The second-order valence-electron chi connectivity index (χ2n) is 9.49. The Hall–Kier alpha value is -2.85. The van der Waals surface area contributed by atoms with Crippen LogP contribution in [0, 0.1) is 0 Å². The van der Waals surface area contributed by atoms with Crippen molar-refractivity contribution in [3.05, 3.63) is 35.9 Å². The van der Waals surface area contributed by atoms with Crippen molar-refractivity contribution in [2.75, 3.05) is 19.7 Å². The number of amides is 1. The molecule has 0 aromatic heterocycles. The van der Waals surface area contributed by atoms with Crippen LogP contribution in [-0.4, -0.2) is 36.8 Å². The van der Waals surface area contributed by atoms with Gasteiger partial charge < -0.3 is 15.2 Å². The fourth-order valence-electron chi connectivity index (χ4n) is 4.48. The summed E-state index contributed by atoms with van der Waals surface area (Å²) in [5, 5.41) is 14.9. The van der Waals surface area contributed by atoms with Crippen molar-refractivity contribution in [2.24, 2.45) is 4.99 Å². The first kappa shape index (κ1) is 29.4. The standard InChI is InChI=1S/C30H44N2O4/c1-2-3-4-5-6-7-8-9-10-11-12-13-14-17-20-32-30(35)27-23-28(36-22-21-31-24-33)25-18-15-16-19-26(25)29(27)34/h15-16,18-19,23,34H,2-14,17,20-22H2,1H3,(H,32,35). The van der Waals surface area contributed by atoms with Crippen molar-refractivity contribution in [1.82, 2.24) is 5.32 Å². The minimum absolute atomic E-state index is 0.0534. The number of rotatable bonds is 20. The van der Waals surface area contributed by atoms with Crippen LogP contribution in [0.3, 0.4) is 0 Å². The van der Waals surface area contributed by atoms with E-state index in [2.05, 4.69) is 17.2 Å². The lowest BCUT2D eigenvalue weighted by atomic mass is 10.0. The van der Waals surface area contributed by atoms with Gasteiger partial charge in [0.25, 0.3) is 5.91 Å². The van der Waals surface area contributed by atoms with Crippen molar-refractivity contribution in [3.63, 3.8) is 0 Å². The second-order valence-corrected chi connectivity index (χ2v) is 9.49. The maximum atomic E-state index is 12.8. The molecule has 6 nitrogen and oxygen atoms in total. The van der Waals surface area contributed by atoms with Crippen LogP contribution in [0.15, 0.2) is 35.3 Å². The number of aliphatic imine (C=N–C) groups is 1. The smallest absolute Gasteiger partial charge is 0.255 e. The predicted octanol–water partition coefficient (Wildman–Crippen LogP) is 7.47. The van der Waals surface area contributed by atoms with Gasteiger partial charge in [0.2, 0.25) is 6.08 Å². The highest BCUT2D eigenvalue weighted by atomic mass is 16.5. The lowest BCUT2D eigenvalue weighted by molar-refractivity contribution is 0.0950. The molecule has 0 atom stereocenters. The Morgan fingerprint density at radius 2 is 1.44 bits per heavy atom. The Morgan fingerprint density at radius 1 is 0.889 bits per heavy atom. The Labute approximate surface area is 216 Å². The van der Waals surface area contributed by atoms with Crippen LogP contribution in [0.25, 0.3) is 10.8 Å². The highest BCUT2D eigenvalue weighted by Gasteiger charge is 2.17. The summed E-state index contributed by atoms with van der Waals surface area (Å²) in [5.74, 6) is 0.108. The van der Waals surface area contributed by atoms with E-state index in [0.717, 1.165) is 12.8 Å². The van der Waals surface area contributed by atoms with Gasteiger partial charge in [-0.3, -0.25) is 4.79 Å². The molecule has 0 radical (unpaired) electrons. The number of ether oxygens (including phenoxy) is 1. The van der Waals surface area contributed by atoms with Crippen molar-refractivity contribution in [2.45, 2.75) is 96.8 Å². The fourth-order valence-corrected chi connectivity index (χ4v) is 4.48. The van der Waals surface area contributed by atoms with Crippen LogP contribution in [0.5, 0.6) is 11.5 Å². The van der Waals surface area contributed by atoms with E-state index >= 15 is 0 Å². The molecule has 0 spiro atoms. The normalized spacial score (nSPS) is 10.8. The summed E-state index contributed by atoms with van der Waals surface area (Å²) in [6, 6.07) is 8.78. The van der Waals surface area contributed by atoms with Crippen LogP contribution >= 0.6 is 0 Å². The van der Waals surface area contributed by atoms with Crippen LogP contribution in [0.4, 0.5) is 0 Å². The zero-order valence-electron chi connectivity index (χ0n) is 22.0. The third-order valence-corrected chi connectivity index (χ3v) is 6.56. The fraction of sp³-hybridized carbons (Fsp3) is 0.600. The molecule has 0 aliphatic carbocycles. The maximum absolute atomic E-state index is 12.8. The summed E-state index contributed by atoms with van der Waals surface area (Å²) < 4.78 is 5.73. The summed E-state index contributed by atoms with van der Waals surface area (Å²) in [6.07, 6.45) is 19.6. The lowest BCUT2D eigenvalue weighted by Gasteiger charge is -2.14. The number of hydrogen-bond acceptors (Lipinski definition) is 5. The predicted molar refractivity (Wildman–Crippen MR) is 147 cm³/mol. The quantitative estimate of drug-likeness (QED) is 0.113. The van der Waals surface area contributed by atoms with Gasteiger partial charge in [-0.05, 0) is 12.5 Å². The van der Waals surface area contributed by atoms with Crippen molar-refractivity contribution >= 4 is 22.8 Å². The molecule has 2 rings (SSSR count). The number of phenols is 1. The zero-order valence-corrected chi connectivity index (χ0v) is 22.0. The van der Waals surface area contributed by atoms with Gasteiger partial charge in [-0.1, -0.05) is 115 Å². The van der Waals surface area contributed by atoms with E-state index < -0.39 is 0 Å². The molecule has 0 aliphatic rings. The van der Waals surface area contributed by atoms with Gasteiger partial charge in [0.1, 0.15) is 18.1 Å². The molecule has 0 aliphatic heterocycles. The van der Waals surface area contributed by atoms with E-state index in [1.807, 2.05) is 12.1 Å². The van der Waals surface area contributed by atoms with Gasteiger partial charge in [-0.2, -0.15) is 0 Å². The molecule has 2 aromatic carbocycles. The zero-order chi connectivity index (χ0) is 25.8. The third-order valence-electron chi connectivity index (χ3n) is 6.56. The molecule has 0 unspecified atom stereocenters. The maximum Gasteiger partial charge on any atom is 0.255 e. The van der Waals surface area contributed by atoms with Gasteiger partial charge in [0.05, 0.1) is 12.1 Å². The summed E-state index contributed by atoms with van der Waals surface area (Å²) >= 11 is 0. The molecule has 6 heteroatoms. The molecular formula is C30H44N2O4. The average Bonchev–Trinajstić information content (AvgIpc) is 2.90. The Kier molecular flexibility index (Phi) is 15.0. The van der Waals surface area contributed by atoms with Crippen molar-refractivity contribution in [3.8, 4) is 11.5 Å². The van der Waals surface area contributed by atoms with E-state index in [4.69, 9.17) is 4.74 Å². The van der Waals surface area contributed by atoms with Crippen LogP contribution in [-0.2, 0) is 4.79 Å². The van der Waals surface area contributed by atoms with E-state index in [1.54, 1.807) is 18.2 Å². The molecule has 198 valence electrons. The monoisotopic (exact) mass is 496 g/mol. The number of carbonyl (C=O) groups excluding carboxylic acids is 2. The topological polar surface area (TPSA) is 88.0 Å². The molecule has 36 heavy (non-hydrogen) atoms. The first-order valence-corrected chi connectivity index (χ1v) is 13.9. The third kappa shape index (κ3) is 10.8. The van der Waals surface area contributed by atoms with E-state index in [9.17, 15) is 14.7 Å². The molecule has 0 bridgehead atoms. The average molecular weight is 497 g/mol. The van der Waals surface area contributed by atoms with Crippen LogP contribution in [0.1, 0.15) is 107 Å². The van der Waals surface area contributed by atoms with Gasteiger partial charge >= 0.3 is 0 Å². The molecule has 0 saturated carbocycles. The number of isocyanates is 1. The van der Waals surface area contributed by atoms with E-state index in [1.165, 1.54) is 83.1 Å². The van der Waals surface area contributed by atoms with Crippen LogP contribution in [0.2, 0.25) is 0 Å². The molecule has 2 aromatic rings. The highest BCUT2D eigenvalue weighted by Crippen LogP contribution is 2.36. The number of unbranched alkanes of at least 4 members (excludes halogenated alkanes) is 13. The number of nitrogens with one attached hydrogen (secondary N) is 1. The largest absolute Gasteiger partial charge is 0.506 e. The minimum atomic E-state index is -0.316. The van der Waals surface area contributed by atoms with Crippen molar-refractivity contribution in [1.29, 1.82) is 0 Å². The number of benzene rings is 2. The van der Waals surface area contributed by atoms with Crippen molar-refractivity contribution < 1.29 is 19.4 Å². The Balaban J connectivity index is 1.66. The number of phenolic OH excluding ortho intramolecular Hbond substituents is 1. The second kappa shape index (κ2) is 18.4. The number of fused-ring (bicyclic) bond motifs is 1. The van der Waals surface area contributed by atoms with Gasteiger partial charge in [-0.25, -0.2) is 9.79 Å². The first-order chi connectivity index (χ1) is 17.7. The summed E-state index contributed by atoms with van der Waals surface area (Å²) in [5.41, 5.74) is 0.188. The SMILES string of the molecule is CCCCCCCCCCCCCCCCNC(=O)c1cc(OCCN=C=O)c2ccccc2c1O.